The SMILES string of the molecule is CCCC[C@H](CC)C(=O)Nc1cc(C(C)(C)C)nn1-c1ccc(C#N)cc1. The van der Waals surface area contributed by atoms with E-state index in [4.69, 9.17) is 10.4 Å². The van der Waals surface area contributed by atoms with Crippen LogP contribution < -0.4 is 5.32 Å². The molecule has 0 radical (unpaired) electrons. The Hall–Kier alpha value is -2.61. The fourth-order valence-electron chi connectivity index (χ4n) is 2.91. The summed E-state index contributed by atoms with van der Waals surface area (Å²) in [4.78, 5) is 12.8. The van der Waals surface area contributed by atoms with E-state index in [2.05, 4.69) is 46.0 Å². The number of rotatable bonds is 7. The van der Waals surface area contributed by atoms with Crippen molar-refractivity contribution >= 4 is 11.7 Å². The van der Waals surface area contributed by atoms with Gasteiger partial charge >= 0.3 is 0 Å². The number of hydrogen-bond donors (Lipinski definition) is 1. The number of nitriles is 1. The molecule has 1 heterocycles. The van der Waals surface area contributed by atoms with Gasteiger partial charge in [-0.1, -0.05) is 47.5 Å². The van der Waals surface area contributed by atoms with E-state index in [1.165, 1.54) is 0 Å². The van der Waals surface area contributed by atoms with Crippen LogP contribution >= 0.6 is 0 Å². The number of hydrogen-bond acceptors (Lipinski definition) is 3. The largest absolute Gasteiger partial charge is 0.310 e. The van der Waals surface area contributed by atoms with Crippen LogP contribution in [0.25, 0.3) is 5.69 Å². The molecule has 1 atom stereocenters. The van der Waals surface area contributed by atoms with Crippen LogP contribution in [0.2, 0.25) is 0 Å². The summed E-state index contributed by atoms with van der Waals surface area (Å²) in [6.45, 7) is 10.5. The number of carbonyl (C=O) groups excluding carboxylic acids is 1. The van der Waals surface area contributed by atoms with Gasteiger partial charge in [0.15, 0.2) is 0 Å². The summed E-state index contributed by atoms with van der Waals surface area (Å²) in [6.07, 6.45) is 3.86. The molecule has 0 saturated heterocycles. The molecule has 1 N–H and O–H groups in total. The highest BCUT2D eigenvalue weighted by atomic mass is 16.2. The lowest BCUT2D eigenvalue weighted by Gasteiger charge is -2.15. The predicted molar refractivity (Wildman–Crippen MR) is 109 cm³/mol. The summed E-state index contributed by atoms with van der Waals surface area (Å²) in [5.74, 6) is 0.720. The van der Waals surface area contributed by atoms with Crippen molar-refractivity contribution in [2.24, 2.45) is 5.92 Å². The molecule has 0 fully saturated rings. The molecule has 2 rings (SSSR count). The topological polar surface area (TPSA) is 70.7 Å². The van der Waals surface area contributed by atoms with Gasteiger partial charge < -0.3 is 5.32 Å². The normalized spacial score (nSPS) is 12.4. The van der Waals surface area contributed by atoms with E-state index in [0.29, 0.717) is 11.4 Å². The Labute approximate surface area is 162 Å². The predicted octanol–water partition coefficient (Wildman–Crippen LogP) is 5.20. The van der Waals surface area contributed by atoms with Crippen LogP contribution in [0.5, 0.6) is 0 Å². The van der Waals surface area contributed by atoms with Crippen molar-refractivity contribution in [3.63, 3.8) is 0 Å². The van der Waals surface area contributed by atoms with Gasteiger partial charge in [-0.25, -0.2) is 4.68 Å². The first-order chi connectivity index (χ1) is 12.8. The Morgan fingerprint density at radius 1 is 1.26 bits per heavy atom. The van der Waals surface area contributed by atoms with Crippen LogP contribution in [0.3, 0.4) is 0 Å². The van der Waals surface area contributed by atoms with Gasteiger partial charge in [0, 0.05) is 17.4 Å². The Bertz CT molecular complexity index is 806. The van der Waals surface area contributed by atoms with Crippen molar-refractivity contribution in [3.8, 4) is 11.8 Å². The van der Waals surface area contributed by atoms with Gasteiger partial charge in [-0.2, -0.15) is 10.4 Å². The van der Waals surface area contributed by atoms with Crippen molar-refractivity contribution < 1.29 is 4.79 Å². The number of amides is 1. The van der Waals surface area contributed by atoms with Crippen molar-refractivity contribution in [3.05, 3.63) is 41.6 Å². The molecular weight excluding hydrogens is 336 g/mol. The van der Waals surface area contributed by atoms with Gasteiger partial charge in [-0.15, -0.1) is 0 Å². The van der Waals surface area contributed by atoms with Gasteiger partial charge in [0.05, 0.1) is 23.0 Å². The number of benzene rings is 1. The van der Waals surface area contributed by atoms with Gasteiger partial charge in [0.25, 0.3) is 0 Å². The first kappa shape index (κ1) is 20.7. The number of nitrogens with zero attached hydrogens (tertiary/aromatic N) is 3. The van der Waals surface area contributed by atoms with Crippen molar-refractivity contribution in [2.45, 2.75) is 65.7 Å². The zero-order chi connectivity index (χ0) is 20.0. The van der Waals surface area contributed by atoms with E-state index in [9.17, 15) is 4.79 Å². The first-order valence-electron chi connectivity index (χ1n) is 9.72. The lowest BCUT2D eigenvalue weighted by molar-refractivity contribution is -0.120. The highest BCUT2D eigenvalue weighted by Crippen LogP contribution is 2.27. The van der Waals surface area contributed by atoms with E-state index >= 15 is 0 Å². The fraction of sp³-hybridized carbons (Fsp3) is 0.500. The molecule has 27 heavy (non-hydrogen) atoms. The third-order valence-electron chi connectivity index (χ3n) is 4.74. The minimum Gasteiger partial charge on any atom is -0.310 e. The summed E-state index contributed by atoms with van der Waals surface area (Å²) in [5.41, 5.74) is 2.19. The third-order valence-corrected chi connectivity index (χ3v) is 4.74. The molecular formula is C22H30N4O. The molecule has 0 aliphatic carbocycles. The standard InChI is InChI=1S/C22H30N4O/c1-6-8-9-17(7-2)21(27)24-20-14-19(22(3,4)5)25-26(20)18-12-10-16(15-23)11-13-18/h10-14,17H,6-9H2,1-5H3,(H,24,27)/t17-/m0/s1. The zero-order valence-corrected chi connectivity index (χ0v) is 17.0. The average molecular weight is 367 g/mol. The number of nitrogens with one attached hydrogen (secondary N) is 1. The lowest BCUT2D eigenvalue weighted by atomic mass is 9.92. The second-order valence-electron chi connectivity index (χ2n) is 7.97. The molecule has 1 aromatic heterocycles. The lowest BCUT2D eigenvalue weighted by Crippen LogP contribution is -2.23. The van der Waals surface area contributed by atoms with Crippen LogP contribution in [0.1, 0.15) is 71.6 Å². The Balaban J connectivity index is 2.37. The molecule has 1 aromatic carbocycles. The molecule has 2 aromatic rings. The first-order valence-corrected chi connectivity index (χ1v) is 9.72. The molecule has 1 amide bonds. The highest BCUT2D eigenvalue weighted by Gasteiger charge is 2.23. The monoisotopic (exact) mass is 366 g/mol. The molecule has 0 bridgehead atoms. The van der Waals surface area contributed by atoms with Crippen molar-refractivity contribution in [2.75, 3.05) is 5.32 Å². The molecule has 144 valence electrons. The quantitative estimate of drug-likeness (QED) is 0.732. The fourth-order valence-corrected chi connectivity index (χ4v) is 2.91. The molecule has 5 heteroatoms. The van der Waals surface area contributed by atoms with Gasteiger partial charge in [-0.3, -0.25) is 4.79 Å². The maximum absolute atomic E-state index is 12.8. The maximum Gasteiger partial charge on any atom is 0.228 e. The minimum atomic E-state index is -0.135. The summed E-state index contributed by atoms with van der Waals surface area (Å²) in [7, 11) is 0. The molecule has 0 saturated carbocycles. The molecule has 0 spiro atoms. The van der Waals surface area contributed by atoms with Crippen LogP contribution in [-0.4, -0.2) is 15.7 Å². The third kappa shape index (κ3) is 5.19. The van der Waals surface area contributed by atoms with E-state index in [0.717, 1.165) is 37.1 Å². The minimum absolute atomic E-state index is 0.00681. The summed E-state index contributed by atoms with van der Waals surface area (Å²) >= 11 is 0. The Kier molecular flexibility index (Phi) is 6.79. The van der Waals surface area contributed by atoms with E-state index < -0.39 is 0 Å². The van der Waals surface area contributed by atoms with Gasteiger partial charge in [0.2, 0.25) is 5.91 Å². The van der Waals surface area contributed by atoms with E-state index in [1.54, 1.807) is 16.8 Å². The number of aromatic nitrogens is 2. The number of carbonyl (C=O) groups is 1. The maximum atomic E-state index is 12.8. The van der Waals surface area contributed by atoms with Gasteiger partial charge in [-0.05, 0) is 37.1 Å². The van der Waals surface area contributed by atoms with Crippen LogP contribution in [0.15, 0.2) is 30.3 Å². The van der Waals surface area contributed by atoms with E-state index in [-0.39, 0.29) is 17.2 Å². The van der Waals surface area contributed by atoms with E-state index in [1.807, 2.05) is 18.2 Å². The smallest absolute Gasteiger partial charge is 0.228 e. The molecule has 0 unspecified atom stereocenters. The van der Waals surface area contributed by atoms with Gasteiger partial charge in [0.1, 0.15) is 5.82 Å². The zero-order valence-electron chi connectivity index (χ0n) is 17.0. The number of unbranched alkanes of at least 4 members (excludes halogenated alkanes) is 1. The Morgan fingerprint density at radius 2 is 1.93 bits per heavy atom. The Morgan fingerprint density at radius 3 is 2.44 bits per heavy atom. The highest BCUT2D eigenvalue weighted by molar-refractivity contribution is 5.92. The second-order valence-corrected chi connectivity index (χ2v) is 7.97. The average Bonchev–Trinajstić information content (AvgIpc) is 3.06. The van der Waals surface area contributed by atoms with Crippen LogP contribution in [0.4, 0.5) is 5.82 Å². The molecule has 5 nitrogen and oxygen atoms in total. The van der Waals surface area contributed by atoms with Crippen molar-refractivity contribution in [1.29, 1.82) is 5.26 Å². The van der Waals surface area contributed by atoms with Crippen molar-refractivity contribution in [1.82, 2.24) is 9.78 Å². The number of anilines is 1. The summed E-state index contributed by atoms with van der Waals surface area (Å²) < 4.78 is 1.76. The van der Waals surface area contributed by atoms with Crippen LogP contribution in [0, 0.1) is 17.2 Å². The van der Waals surface area contributed by atoms with Crippen LogP contribution in [-0.2, 0) is 10.2 Å². The summed E-state index contributed by atoms with van der Waals surface area (Å²) in [6, 6.07) is 11.3. The molecule has 0 aliphatic rings. The second kappa shape index (κ2) is 8.85. The summed E-state index contributed by atoms with van der Waals surface area (Å²) in [5, 5.41) is 16.8. The molecule has 0 aliphatic heterocycles.